The molecule has 0 radical (unpaired) electrons. The molecule has 0 atom stereocenters. The lowest BCUT2D eigenvalue weighted by Crippen LogP contribution is -2.01. The standard InChI is InChI=1S/C14H19BrO3/c1-2-10-8-11(9-17-6-3-5-16)12-4-7-18-14(12)13(10)15/h8,16H,2-7,9H2,1H3. The summed E-state index contributed by atoms with van der Waals surface area (Å²) >= 11 is 3.62. The molecular weight excluding hydrogens is 296 g/mol. The minimum atomic E-state index is 0.182. The number of rotatable bonds is 6. The summed E-state index contributed by atoms with van der Waals surface area (Å²) in [6.45, 7) is 4.28. The van der Waals surface area contributed by atoms with E-state index in [4.69, 9.17) is 14.6 Å². The first-order chi connectivity index (χ1) is 8.77. The van der Waals surface area contributed by atoms with Crippen molar-refractivity contribution in [3.8, 4) is 5.75 Å². The van der Waals surface area contributed by atoms with E-state index in [1.54, 1.807) is 0 Å². The van der Waals surface area contributed by atoms with Crippen LogP contribution in [0.25, 0.3) is 0 Å². The van der Waals surface area contributed by atoms with Crippen LogP contribution in [0.15, 0.2) is 10.5 Å². The van der Waals surface area contributed by atoms with Crippen molar-refractivity contribution in [2.45, 2.75) is 32.8 Å². The second-order valence-electron chi connectivity index (χ2n) is 4.40. The molecule has 0 aromatic heterocycles. The van der Waals surface area contributed by atoms with Crippen molar-refractivity contribution in [1.29, 1.82) is 0 Å². The zero-order valence-electron chi connectivity index (χ0n) is 10.7. The van der Waals surface area contributed by atoms with E-state index in [0.717, 1.165) is 29.7 Å². The highest BCUT2D eigenvalue weighted by Crippen LogP contribution is 2.39. The van der Waals surface area contributed by atoms with Crippen molar-refractivity contribution in [3.05, 3.63) is 27.2 Å². The van der Waals surface area contributed by atoms with Crippen LogP contribution in [0.1, 0.15) is 30.0 Å². The molecule has 1 aliphatic rings. The molecule has 1 aromatic rings. The van der Waals surface area contributed by atoms with Crippen LogP contribution in [0, 0.1) is 0 Å². The molecule has 0 spiro atoms. The van der Waals surface area contributed by atoms with Crippen molar-refractivity contribution in [1.82, 2.24) is 0 Å². The first-order valence-corrected chi connectivity index (χ1v) is 7.21. The summed E-state index contributed by atoms with van der Waals surface area (Å²) < 4.78 is 12.4. The molecule has 0 amide bonds. The average Bonchev–Trinajstić information content (AvgIpc) is 2.87. The molecule has 0 fully saturated rings. The Morgan fingerprint density at radius 2 is 2.28 bits per heavy atom. The van der Waals surface area contributed by atoms with E-state index in [2.05, 4.69) is 28.9 Å². The fourth-order valence-corrected chi connectivity index (χ4v) is 2.95. The van der Waals surface area contributed by atoms with E-state index >= 15 is 0 Å². The van der Waals surface area contributed by atoms with Gasteiger partial charge in [0.1, 0.15) is 5.75 Å². The van der Waals surface area contributed by atoms with Gasteiger partial charge in [-0.25, -0.2) is 0 Å². The van der Waals surface area contributed by atoms with E-state index in [9.17, 15) is 0 Å². The van der Waals surface area contributed by atoms with E-state index in [-0.39, 0.29) is 6.61 Å². The Morgan fingerprint density at radius 3 is 3.00 bits per heavy atom. The molecule has 0 bridgehead atoms. The fourth-order valence-electron chi connectivity index (χ4n) is 2.20. The summed E-state index contributed by atoms with van der Waals surface area (Å²) in [5.74, 6) is 0.995. The number of hydrogen-bond donors (Lipinski definition) is 1. The smallest absolute Gasteiger partial charge is 0.137 e. The molecule has 2 rings (SSSR count). The van der Waals surface area contributed by atoms with Crippen molar-refractivity contribution < 1.29 is 14.6 Å². The maximum atomic E-state index is 8.73. The first-order valence-electron chi connectivity index (χ1n) is 6.42. The Balaban J connectivity index is 2.16. The number of aliphatic hydroxyl groups excluding tert-OH is 1. The maximum Gasteiger partial charge on any atom is 0.137 e. The molecule has 1 heterocycles. The Labute approximate surface area is 116 Å². The van der Waals surface area contributed by atoms with E-state index < -0.39 is 0 Å². The lowest BCUT2D eigenvalue weighted by Gasteiger charge is -2.13. The number of aryl methyl sites for hydroxylation is 1. The minimum absolute atomic E-state index is 0.182. The Hall–Kier alpha value is -0.580. The molecule has 100 valence electrons. The predicted molar refractivity (Wildman–Crippen MR) is 74.1 cm³/mol. The normalized spacial score (nSPS) is 13.5. The van der Waals surface area contributed by atoms with E-state index in [1.165, 1.54) is 16.7 Å². The summed E-state index contributed by atoms with van der Waals surface area (Å²) in [5.41, 5.74) is 3.75. The lowest BCUT2D eigenvalue weighted by molar-refractivity contribution is 0.104. The molecule has 0 unspecified atom stereocenters. The van der Waals surface area contributed by atoms with Gasteiger partial charge < -0.3 is 14.6 Å². The molecular formula is C14H19BrO3. The number of hydrogen-bond acceptors (Lipinski definition) is 3. The van der Waals surface area contributed by atoms with Crippen LogP contribution in [0.4, 0.5) is 0 Å². The van der Waals surface area contributed by atoms with Crippen LogP contribution in [0.2, 0.25) is 0 Å². The molecule has 1 aliphatic heterocycles. The third-order valence-electron chi connectivity index (χ3n) is 3.18. The second kappa shape index (κ2) is 6.55. The molecule has 3 nitrogen and oxygen atoms in total. The van der Waals surface area contributed by atoms with Crippen molar-refractivity contribution in [2.24, 2.45) is 0 Å². The van der Waals surface area contributed by atoms with Gasteiger partial charge in [-0.1, -0.05) is 13.0 Å². The Kier molecular flexibility index (Phi) is 5.03. The summed E-state index contributed by atoms with van der Waals surface area (Å²) in [6.07, 6.45) is 2.62. The van der Waals surface area contributed by atoms with Crippen LogP contribution in [0.5, 0.6) is 5.75 Å². The number of fused-ring (bicyclic) bond motifs is 1. The monoisotopic (exact) mass is 314 g/mol. The van der Waals surface area contributed by atoms with Crippen LogP contribution in [-0.4, -0.2) is 24.9 Å². The van der Waals surface area contributed by atoms with Crippen LogP contribution in [0.3, 0.4) is 0 Å². The largest absolute Gasteiger partial charge is 0.492 e. The van der Waals surface area contributed by atoms with Gasteiger partial charge in [0.2, 0.25) is 0 Å². The van der Waals surface area contributed by atoms with Gasteiger partial charge in [-0.2, -0.15) is 0 Å². The van der Waals surface area contributed by atoms with Gasteiger partial charge >= 0.3 is 0 Å². The summed E-state index contributed by atoms with van der Waals surface area (Å²) in [5, 5.41) is 8.73. The van der Waals surface area contributed by atoms with Crippen LogP contribution < -0.4 is 4.74 Å². The topological polar surface area (TPSA) is 38.7 Å². The maximum absolute atomic E-state index is 8.73. The first kappa shape index (κ1) is 13.8. The molecule has 1 aromatic carbocycles. The summed E-state index contributed by atoms with van der Waals surface area (Å²) in [4.78, 5) is 0. The van der Waals surface area contributed by atoms with Crippen LogP contribution in [-0.2, 0) is 24.2 Å². The molecule has 4 heteroatoms. The number of ether oxygens (including phenoxy) is 2. The summed E-state index contributed by atoms with van der Waals surface area (Å²) in [7, 11) is 0. The molecule has 0 saturated heterocycles. The van der Waals surface area contributed by atoms with Crippen molar-refractivity contribution in [3.63, 3.8) is 0 Å². The number of halogens is 1. The fraction of sp³-hybridized carbons (Fsp3) is 0.571. The van der Waals surface area contributed by atoms with Crippen LogP contribution >= 0.6 is 15.9 Å². The Bertz CT molecular complexity index is 418. The van der Waals surface area contributed by atoms with Gasteiger partial charge in [0.05, 0.1) is 17.7 Å². The summed E-state index contributed by atoms with van der Waals surface area (Å²) in [6, 6.07) is 2.20. The average molecular weight is 315 g/mol. The van der Waals surface area contributed by atoms with Gasteiger partial charge in [-0.15, -0.1) is 0 Å². The van der Waals surface area contributed by atoms with Crippen molar-refractivity contribution >= 4 is 15.9 Å². The van der Waals surface area contributed by atoms with Gasteiger partial charge in [0.25, 0.3) is 0 Å². The molecule has 18 heavy (non-hydrogen) atoms. The highest BCUT2D eigenvalue weighted by molar-refractivity contribution is 9.10. The lowest BCUT2D eigenvalue weighted by atomic mass is 10.0. The number of aliphatic hydroxyl groups is 1. The van der Waals surface area contributed by atoms with Crippen molar-refractivity contribution in [2.75, 3.05) is 19.8 Å². The zero-order chi connectivity index (χ0) is 13.0. The quantitative estimate of drug-likeness (QED) is 0.821. The molecule has 0 aliphatic carbocycles. The predicted octanol–water partition coefficient (Wildman–Crippen LogP) is 2.85. The van der Waals surface area contributed by atoms with Gasteiger partial charge in [0.15, 0.2) is 0 Å². The van der Waals surface area contributed by atoms with E-state index in [1.807, 2.05) is 0 Å². The molecule has 0 saturated carbocycles. The molecule has 1 N–H and O–H groups in total. The third kappa shape index (κ3) is 2.87. The minimum Gasteiger partial charge on any atom is -0.492 e. The second-order valence-corrected chi connectivity index (χ2v) is 5.19. The van der Waals surface area contributed by atoms with E-state index in [0.29, 0.717) is 19.6 Å². The highest BCUT2D eigenvalue weighted by Gasteiger charge is 2.21. The highest BCUT2D eigenvalue weighted by atomic mass is 79.9. The third-order valence-corrected chi connectivity index (χ3v) is 4.04. The van der Waals surface area contributed by atoms with Gasteiger partial charge in [-0.3, -0.25) is 0 Å². The van der Waals surface area contributed by atoms with Gasteiger partial charge in [-0.05, 0) is 39.9 Å². The van der Waals surface area contributed by atoms with Gasteiger partial charge in [0, 0.05) is 25.2 Å². The zero-order valence-corrected chi connectivity index (χ0v) is 12.3. The number of benzene rings is 1. The Morgan fingerprint density at radius 1 is 1.44 bits per heavy atom. The SMILES string of the molecule is CCc1cc(COCCCO)c2c(c1Br)OCC2.